The molecule has 4 heteroatoms. The zero-order valence-corrected chi connectivity index (χ0v) is 49.3. The third-order valence-electron chi connectivity index (χ3n) is 18.6. The van der Waals surface area contributed by atoms with E-state index in [1.165, 1.54) is 121 Å². The highest BCUT2D eigenvalue weighted by atomic mass is 16.3. The van der Waals surface area contributed by atoms with E-state index in [9.17, 15) is 0 Å². The number of hydrogen-bond donors (Lipinski definition) is 0. The smallest absolute Gasteiger partial charge is 0.297 e. The molecule has 12 aromatic carbocycles. The second kappa shape index (κ2) is 18.1. The average Bonchev–Trinajstić information content (AvgIpc) is 1.51. The number of fused-ring (bicyclic) bond motifs is 16. The van der Waals surface area contributed by atoms with E-state index in [1.807, 2.05) is 0 Å². The van der Waals surface area contributed by atoms with Crippen LogP contribution in [0.3, 0.4) is 0 Å². The van der Waals surface area contributed by atoms with Crippen molar-refractivity contribution in [1.82, 2.24) is 4.57 Å². The standard InChI is InChI=1S/C80H65BN2O/c1-78(2,3)52-37-35-50(36-38-52)62-46-54(40-41-65(62)80(7,8)9)82-68-43-51(71-55(48-23-12-10-13-24-48)32-22-33-56(71)49-25-14-11-15-26-49)44-69-74(68)81(77-75(82)64-45-53(79(4,5)6)39-42-70(64)84-77)66-47-63-59-29-17-16-27-57(59)58-28-18-19-30-60(58)72(63)73-61-31-20-21-34-67(61)83(69)76(66)73/h10-47H,1-9H3. The molecule has 84 heavy (non-hydrogen) atoms. The molecule has 0 spiro atoms. The zero-order chi connectivity index (χ0) is 57.1. The summed E-state index contributed by atoms with van der Waals surface area (Å²) in [6.07, 6.45) is 0. The normalized spacial score (nSPS) is 13.2. The summed E-state index contributed by atoms with van der Waals surface area (Å²) in [6.45, 7) is 20.6. The van der Waals surface area contributed by atoms with Crippen LogP contribution in [-0.4, -0.2) is 11.3 Å². The number of nitrogens with zero attached hydrogens (tertiary/aromatic N) is 2. The monoisotopic (exact) mass is 1080 g/mol. The van der Waals surface area contributed by atoms with Gasteiger partial charge in [-0.05, 0) is 158 Å². The van der Waals surface area contributed by atoms with Crippen LogP contribution in [0.15, 0.2) is 235 Å². The van der Waals surface area contributed by atoms with Crippen LogP contribution in [0, 0.1) is 0 Å². The third-order valence-corrected chi connectivity index (χ3v) is 18.6. The predicted octanol–water partition coefficient (Wildman–Crippen LogP) is 20.2. The Morgan fingerprint density at radius 3 is 1.58 bits per heavy atom. The van der Waals surface area contributed by atoms with Crippen LogP contribution in [0.5, 0.6) is 0 Å². The predicted molar refractivity (Wildman–Crippen MR) is 360 cm³/mol. The molecule has 0 N–H and O–H groups in total. The van der Waals surface area contributed by atoms with Crippen molar-refractivity contribution in [3.05, 3.63) is 247 Å². The minimum absolute atomic E-state index is 0.0221. The summed E-state index contributed by atoms with van der Waals surface area (Å²) in [7, 11) is 0. The summed E-state index contributed by atoms with van der Waals surface area (Å²) in [5, 5.41) is 11.2. The van der Waals surface area contributed by atoms with E-state index in [0.717, 1.165) is 44.9 Å². The molecule has 0 bridgehead atoms. The number of furan rings is 1. The minimum Gasteiger partial charge on any atom is -0.468 e. The second-order valence-electron chi connectivity index (χ2n) is 26.8. The van der Waals surface area contributed by atoms with Crippen LogP contribution in [-0.2, 0) is 16.2 Å². The van der Waals surface area contributed by atoms with Crippen molar-refractivity contribution in [3.8, 4) is 50.2 Å². The maximum Gasteiger partial charge on any atom is 0.297 e. The molecule has 0 fully saturated rings. The van der Waals surface area contributed by atoms with Gasteiger partial charge >= 0.3 is 0 Å². The number of rotatable bonds is 5. The topological polar surface area (TPSA) is 21.3 Å². The van der Waals surface area contributed by atoms with Gasteiger partial charge in [0.1, 0.15) is 5.58 Å². The van der Waals surface area contributed by atoms with Crippen molar-refractivity contribution in [2.24, 2.45) is 0 Å². The molecular weight excluding hydrogens is 1020 g/mol. The first-order valence-electron chi connectivity index (χ1n) is 29.9. The van der Waals surface area contributed by atoms with Gasteiger partial charge in [0, 0.05) is 38.6 Å². The molecule has 404 valence electrons. The van der Waals surface area contributed by atoms with Gasteiger partial charge in [0.05, 0.1) is 22.4 Å². The summed E-state index contributed by atoms with van der Waals surface area (Å²) >= 11 is 0. The Hall–Kier alpha value is -9.38. The summed E-state index contributed by atoms with van der Waals surface area (Å²) in [4.78, 5) is 2.61. The van der Waals surface area contributed by atoms with E-state index in [2.05, 4.69) is 302 Å². The van der Waals surface area contributed by atoms with E-state index >= 15 is 0 Å². The lowest BCUT2D eigenvalue weighted by atomic mass is 9.35. The fourth-order valence-electron chi connectivity index (χ4n) is 14.6. The SMILES string of the molecule is CC(C)(C)c1ccc(-c2cc(N3c4cc(-c5c(-c6ccccc6)cccc5-c5ccccc5)cc5c4B(c4oc6ccc(C(C)(C)C)cc6c43)c3cc4c6ccccc6c6ccccc6c4c4c6ccccc6n-5c34)ccc2C(C)(C)C)cc1. The Kier molecular flexibility index (Phi) is 10.8. The minimum atomic E-state index is -0.272. The highest BCUT2D eigenvalue weighted by Gasteiger charge is 2.47. The first-order chi connectivity index (χ1) is 40.6. The lowest BCUT2D eigenvalue weighted by Crippen LogP contribution is -2.60. The van der Waals surface area contributed by atoms with Gasteiger partial charge in [-0.3, -0.25) is 0 Å². The van der Waals surface area contributed by atoms with Crippen molar-refractivity contribution in [1.29, 1.82) is 0 Å². The lowest BCUT2D eigenvalue weighted by molar-refractivity contribution is 0.589. The van der Waals surface area contributed by atoms with Crippen molar-refractivity contribution in [2.75, 3.05) is 4.90 Å². The van der Waals surface area contributed by atoms with Crippen LogP contribution in [0.2, 0.25) is 0 Å². The first-order valence-corrected chi connectivity index (χ1v) is 29.9. The van der Waals surface area contributed by atoms with Crippen molar-refractivity contribution >= 4 is 105 Å². The van der Waals surface area contributed by atoms with Gasteiger partial charge in [0.2, 0.25) is 0 Å². The molecule has 16 rings (SSSR count). The first kappa shape index (κ1) is 50.4. The van der Waals surface area contributed by atoms with Crippen LogP contribution < -0.4 is 21.5 Å². The Labute approximate surface area is 492 Å². The van der Waals surface area contributed by atoms with E-state index in [4.69, 9.17) is 4.42 Å². The quantitative estimate of drug-likeness (QED) is 0.127. The summed E-state index contributed by atoms with van der Waals surface area (Å²) in [5.41, 5.74) is 24.4. The molecule has 0 saturated carbocycles. The summed E-state index contributed by atoms with van der Waals surface area (Å²) in [5.74, 6) is 0. The molecule has 0 radical (unpaired) electrons. The molecule has 2 aliphatic heterocycles. The van der Waals surface area contributed by atoms with Crippen LogP contribution in [0.4, 0.5) is 17.1 Å². The molecule has 2 aromatic heterocycles. The van der Waals surface area contributed by atoms with E-state index in [1.54, 1.807) is 0 Å². The highest BCUT2D eigenvalue weighted by molar-refractivity contribution is 7.00. The fourth-order valence-corrected chi connectivity index (χ4v) is 14.6. The summed E-state index contributed by atoms with van der Waals surface area (Å²) < 4.78 is 10.3. The number of aromatic nitrogens is 1. The van der Waals surface area contributed by atoms with Crippen molar-refractivity contribution in [3.63, 3.8) is 0 Å². The zero-order valence-electron chi connectivity index (χ0n) is 49.3. The molecule has 4 heterocycles. The van der Waals surface area contributed by atoms with Gasteiger partial charge in [-0.2, -0.15) is 0 Å². The number of hydrogen-bond acceptors (Lipinski definition) is 2. The van der Waals surface area contributed by atoms with Gasteiger partial charge in [0.15, 0.2) is 0 Å². The molecule has 14 aromatic rings. The van der Waals surface area contributed by atoms with Crippen LogP contribution >= 0.6 is 0 Å². The Morgan fingerprint density at radius 1 is 0.381 bits per heavy atom. The molecule has 0 atom stereocenters. The Morgan fingerprint density at radius 2 is 0.940 bits per heavy atom. The summed E-state index contributed by atoms with van der Waals surface area (Å²) in [6, 6.07) is 87.4. The fraction of sp³-hybridized carbons (Fsp3) is 0.150. The maximum absolute atomic E-state index is 7.70. The average molecular weight is 1080 g/mol. The number of anilines is 3. The van der Waals surface area contributed by atoms with Crippen molar-refractivity contribution < 1.29 is 4.42 Å². The number of para-hydroxylation sites is 1. The molecular formula is C80H65BN2O. The van der Waals surface area contributed by atoms with Crippen LogP contribution in [0.25, 0.3) is 115 Å². The van der Waals surface area contributed by atoms with Crippen LogP contribution in [0.1, 0.15) is 79.0 Å². The number of benzene rings is 12. The van der Waals surface area contributed by atoms with Gasteiger partial charge < -0.3 is 13.9 Å². The third kappa shape index (κ3) is 7.45. The van der Waals surface area contributed by atoms with Gasteiger partial charge in [0.25, 0.3) is 6.71 Å². The maximum atomic E-state index is 7.70. The largest absolute Gasteiger partial charge is 0.468 e. The second-order valence-corrected chi connectivity index (χ2v) is 26.8. The molecule has 0 unspecified atom stereocenters. The Balaban J connectivity index is 1.11. The van der Waals surface area contributed by atoms with Crippen molar-refractivity contribution in [2.45, 2.75) is 78.6 Å². The lowest BCUT2D eigenvalue weighted by Gasteiger charge is -2.39. The van der Waals surface area contributed by atoms with E-state index in [0.29, 0.717) is 0 Å². The van der Waals surface area contributed by atoms with Gasteiger partial charge in [-0.1, -0.05) is 250 Å². The molecule has 0 amide bonds. The Bertz CT molecular complexity index is 5000. The molecule has 0 aliphatic carbocycles. The van der Waals surface area contributed by atoms with Gasteiger partial charge in [-0.25, -0.2) is 0 Å². The van der Waals surface area contributed by atoms with E-state index < -0.39 is 0 Å². The van der Waals surface area contributed by atoms with Gasteiger partial charge in [-0.15, -0.1) is 0 Å². The molecule has 0 saturated heterocycles. The highest BCUT2D eigenvalue weighted by Crippen LogP contribution is 2.52. The molecule has 3 nitrogen and oxygen atoms in total. The molecule has 2 aliphatic rings. The van der Waals surface area contributed by atoms with E-state index in [-0.39, 0.29) is 23.0 Å².